The number of phosphoric ester groups is 1. The Morgan fingerprint density at radius 3 is 2.60 bits per heavy atom. The van der Waals surface area contributed by atoms with Crippen molar-refractivity contribution in [2.75, 3.05) is 13.2 Å². The maximum absolute atomic E-state index is 11.5. The minimum atomic E-state index is -4.98. The molecule has 0 saturated heterocycles. The topological polar surface area (TPSA) is 143 Å². The van der Waals surface area contributed by atoms with Crippen LogP contribution in [0.1, 0.15) is 19.8 Å². The van der Waals surface area contributed by atoms with E-state index < -0.39 is 38.4 Å². The molecular weight excluding hydrogens is 295 g/mol. The number of aliphatic hydroxyl groups excluding tert-OH is 2. The van der Waals surface area contributed by atoms with Crippen LogP contribution in [0.5, 0.6) is 0 Å². The first-order valence-corrected chi connectivity index (χ1v) is 7.45. The summed E-state index contributed by atoms with van der Waals surface area (Å²) in [6, 6.07) is 0. The maximum atomic E-state index is 11.5. The molecule has 0 fully saturated rings. The fourth-order valence-corrected chi connectivity index (χ4v) is 1.88. The van der Waals surface area contributed by atoms with E-state index in [1.807, 2.05) is 6.92 Å². The van der Waals surface area contributed by atoms with E-state index in [1.54, 1.807) is 0 Å². The second-order valence-electron chi connectivity index (χ2n) is 4.05. The molecule has 1 heterocycles. The van der Waals surface area contributed by atoms with Crippen LogP contribution in [-0.4, -0.2) is 51.4 Å². The van der Waals surface area contributed by atoms with E-state index in [9.17, 15) is 14.5 Å². The minimum absolute atomic E-state index is 0.144. The Morgan fingerprint density at radius 2 is 2.10 bits per heavy atom. The van der Waals surface area contributed by atoms with Crippen LogP contribution in [0.15, 0.2) is 11.5 Å². The first-order chi connectivity index (χ1) is 9.30. The van der Waals surface area contributed by atoms with Crippen molar-refractivity contribution in [2.24, 2.45) is 0 Å². The zero-order valence-electron chi connectivity index (χ0n) is 10.8. The van der Waals surface area contributed by atoms with Gasteiger partial charge in [0.15, 0.2) is 11.9 Å². The summed E-state index contributed by atoms with van der Waals surface area (Å²) in [7, 11) is -4.98. The lowest BCUT2D eigenvalue weighted by Crippen LogP contribution is -2.32. The van der Waals surface area contributed by atoms with Crippen LogP contribution in [0, 0.1) is 0 Å². The molecule has 1 aliphatic rings. The summed E-state index contributed by atoms with van der Waals surface area (Å²) >= 11 is 0. The zero-order valence-corrected chi connectivity index (χ0v) is 11.7. The number of aliphatic hydroxyl groups is 2. The number of hydrogen-bond donors (Lipinski definition) is 4. The molecule has 116 valence electrons. The highest BCUT2D eigenvalue weighted by Gasteiger charge is 2.44. The molecule has 0 aromatic carbocycles. The van der Waals surface area contributed by atoms with E-state index in [0.717, 1.165) is 6.42 Å². The van der Waals surface area contributed by atoms with E-state index in [-0.39, 0.29) is 12.4 Å². The number of esters is 1. The average molecular weight is 312 g/mol. The van der Waals surface area contributed by atoms with E-state index in [4.69, 9.17) is 24.4 Å². The molecule has 10 heteroatoms. The smallest absolute Gasteiger partial charge is 0.490 e. The molecule has 0 bridgehead atoms. The molecule has 2 atom stereocenters. The highest BCUT2D eigenvalue weighted by atomic mass is 31.2. The van der Waals surface area contributed by atoms with Crippen LogP contribution < -0.4 is 0 Å². The van der Waals surface area contributed by atoms with Crippen molar-refractivity contribution in [1.29, 1.82) is 0 Å². The summed E-state index contributed by atoms with van der Waals surface area (Å²) in [5.74, 6) is -2.28. The normalized spacial score (nSPS) is 20.9. The number of carbonyl (C=O) groups is 1. The van der Waals surface area contributed by atoms with E-state index in [0.29, 0.717) is 6.42 Å². The number of rotatable bonds is 8. The molecular formula is C10H17O9P. The minimum Gasteiger partial charge on any atom is -0.490 e. The van der Waals surface area contributed by atoms with Crippen LogP contribution in [0.3, 0.4) is 0 Å². The second kappa shape index (κ2) is 7.05. The fourth-order valence-electron chi connectivity index (χ4n) is 1.48. The van der Waals surface area contributed by atoms with Gasteiger partial charge in [0.1, 0.15) is 6.10 Å². The molecule has 0 aliphatic carbocycles. The summed E-state index contributed by atoms with van der Waals surface area (Å²) in [4.78, 5) is 29.0. The van der Waals surface area contributed by atoms with Crippen molar-refractivity contribution < 1.29 is 43.4 Å². The SMILES string of the molecule is CCCCOC1=C(OP(=O)(O)O)C(=O)O[C@@H]1[C@@H](O)CO. The second-order valence-corrected chi connectivity index (χ2v) is 5.22. The number of carbonyl (C=O) groups excluding carboxylic acids is 1. The van der Waals surface area contributed by atoms with Crippen molar-refractivity contribution in [2.45, 2.75) is 32.0 Å². The molecule has 0 amide bonds. The third-order valence-electron chi connectivity index (χ3n) is 2.40. The van der Waals surface area contributed by atoms with Crippen molar-refractivity contribution in [3.63, 3.8) is 0 Å². The molecule has 0 spiro atoms. The Hall–Kier alpha value is -1.12. The van der Waals surface area contributed by atoms with Gasteiger partial charge >= 0.3 is 13.8 Å². The Bertz CT molecular complexity index is 426. The summed E-state index contributed by atoms with van der Waals surface area (Å²) in [5, 5.41) is 18.4. The monoisotopic (exact) mass is 312 g/mol. The van der Waals surface area contributed by atoms with E-state index >= 15 is 0 Å². The molecule has 0 aromatic rings. The Labute approximate surface area is 115 Å². The van der Waals surface area contributed by atoms with Gasteiger partial charge in [0, 0.05) is 0 Å². The van der Waals surface area contributed by atoms with Gasteiger partial charge in [-0.05, 0) is 6.42 Å². The molecule has 0 saturated carbocycles. The van der Waals surface area contributed by atoms with Gasteiger partial charge in [-0.3, -0.25) is 9.79 Å². The van der Waals surface area contributed by atoms with Gasteiger partial charge in [-0.15, -0.1) is 0 Å². The lowest BCUT2D eigenvalue weighted by atomic mass is 10.2. The molecule has 1 rings (SSSR count). The van der Waals surface area contributed by atoms with Gasteiger partial charge in [0.25, 0.3) is 5.76 Å². The van der Waals surface area contributed by atoms with Gasteiger partial charge in [0.2, 0.25) is 0 Å². The van der Waals surface area contributed by atoms with Crippen LogP contribution in [0.2, 0.25) is 0 Å². The van der Waals surface area contributed by atoms with Gasteiger partial charge in [-0.25, -0.2) is 9.36 Å². The number of cyclic esters (lactones) is 1. The van der Waals surface area contributed by atoms with Gasteiger partial charge in [-0.1, -0.05) is 13.3 Å². The van der Waals surface area contributed by atoms with Crippen LogP contribution in [0.4, 0.5) is 0 Å². The molecule has 20 heavy (non-hydrogen) atoms. The number of unbranched alkanes of at least 4 members (excludes halogenated alkanes) is 1. The van der Waals surface area contributed by atoms with E-state index in [2.05, 4.69) is 4.52 Å². The van der Waals surface area contributed by atoms with Crippen molar-refractivity contribution in [1.82, 2.24) is 0 Å². The lowest BCUT2D eigenvalue weighted by molar-refractivity contribution is -0.148. The summed E-state index contributed by atoms with van der Waals surface area (Å²) in [6.45, 7) is 1.31. The third-order valence-corrected chi connectivity index (χ3v) is 2.82. The zero-order chi connectivity index (χ0) is 15.3. The van der Waals surface area contributed by atoms with Crippen molar-refractivity contribution >= 4 is 13.8 Å². The number of ether oxygens (including phenoxy) is 2. The Morgan fingerprint density at radius 1 is 1.45 bits per heavy atom. The fraction of sp³-hybridized carbons (Fsp3) is 0.700. The van der Waals surface area contributed by atoms with E-state index in [1.165, 1.54) is 0 Å². The number of phosphoric acid groups is 1. The maximum Gasteiger partial charge on any atom is 0.525 e. The highest BCUT2D eigenvalue weighted by Crippen LogP contribution is 2.42. The predicted octanol–water partition coefficient (Wildman–Crippen LogP) is -0.597. The number of hydrogen-bond acceptors (Lipinski definition) is 7. The molecule has 9 nitrogen and oxygen atoms in total. The highest BCUT2D eigenvalue weighted by molar-refractivity contribution is 7.46. The Kier molecular flexibility index (Phi) is 5.97. The predicted molar refractivity (Wildman–Crippen MR) is 64.0 cm³/mol. The average Bonchev–Trinajstić information content (AvgIpc) is 2.65. The standard InChI is InChI=1S/C10H17O9P/c1-2-3-4-17-8-7(6(12)5-11)18-10(13)9(8)19-20(14,15)16/h6-7,11-12H,2-5H2,1H3,(H2,14,15,16)/t6-,7+/m0/s1. The molecule has 4 N–H and O–H groups in total. The van der Waals surface area contributed by atoms with Crippen LogP contribution in [-0.2, 0) is 23.4 Å². The lowest BCUT2D eigenvalue weighted by Gasteiger charge is -2.18. The summed E-state index contributed by atoms with van der Waals surface area (Å²) in [5.41, 5.74) is 0. The van der Waals surface area contributed by atoms with Gasteiger partial charge < -0.3 is 24.2 Å². The van der Waals surface area contributed by atoms with Crippen LogP contribution >= 0.6 is 7.82 Å². The van der Waals surface area contributed by atoms with Gasteiger partial charge in [0.05, 0.1) is 13.2 Å². The summed E-state index contributed by atoms with van der Waals surface area (Å²) < 4.78 is 25.0. The molecule has 0 radical (unpaired) electrons. The van der Waals surface area contributed by atoms with Gasteiger partial charge in [-0.2, -0.15) is 0 Å². The first kappa shape index (κ1) is 16.9. The Balaban J connectivity index is 3.00. The quantitative estimate of drug-likeness (QED) is 0.262. The largest absolute Gasteiger partial charge is 0.525 e. The summed E-state index contributed by atoms with van der Waals surface area (Å²) in [6.07, 6.45) is -1.44. The van der Waals surface area contributed by atoms with Crippen molar-refractivity contribution in [3.05, 3.63) is 11.5 Å². The van der Waals surface area contributed by atoms with Crippen molar-refractivity contribution in [3.8, 4) is 0 Å². The van der Waals surface area contributed by atoms with Crippen LogP contribution in [0.25, 0.3) is 0 Å². The first-order valence-electron chi connectivity index (χ1n) is 5.92. The molecule has 0 aromatic heterocycles. The molecule has 1 aliphatic heterocycles. The third kappa shape index (κ3) is 4.46. The molecule has 0 unspecified atom stereocenters.